The summed E-state index contributed by atoms with van der Waals surface area (Å²) >= 11 is 0. The Hall–Kier alpha value is -6.06. The average Bonchev–Trinajstić information content (AvgIpc) is 3.76. The first kappa shape index (κ1) is 24.4. The molecule has 10 rings (SSSR count). The van der Waals surface area contributed by atoms with Gasteiger partial charge in [-0.2, -0.15) is 0 Å². The summed E-state index contributed by atoms with van der Waals surface area (Å²) in [4.78, 5) is 0. The molecule has 0 saturated heterocycles. The van der Waals surface area contributed by atoms with E-state index in [9.17, 15) is 0 Å². The molecule has 0 N–H and O–H groups in total. The fourth-order valence-electron chi connectivity index (χ4n) is 7.46. The number of para-hydroxylation sites is 4. The smallest absolute Gasteiger partial charge is 0.145 e. The third-order valence-electron chi connectivity index (χ3n) is 9.31. The molecule has 3 aromatic heterocycles. The number of fused-ring (bicyclic) bond motifs is 11. The highest BCUT2D eigenvalue weighted by molar-refractivity contribution is 6.31. The lowest BCUT2D eigenvalue weighted by atomic mass is 10.0. The van der Waals surface area contributed by atoms with E-state index in [2.05, 4.69) is 161 Å². The van der Waals surface area contributed by atoms with Crippen molar-refractivity contribution >= 4 is 65.6 Å². The van der Waals surface area contributed by atoms with E-state index in [1.165, 1.54) is 43.8 Å². The standard InChI is InChI=1S/C42H26N2O/c1-3-13-27(14-4-1)29-17-7-10-20-34(29)44-35-21-11-8-19-32(35)39-36(44)26-24-33-40-37(43(41(33)39)28-15-5-2-6-16-28)25-23-31-30-18-9-12-22-38(30)45-42(31)40/h1-26H. The molecule has 0 aliphatic rings. The van der Waals surface area contributed by atoms with Crippen LogP contribution in [0.25, 0.3) is 88.1 Å². The van der Waals surface area contributed by atoms with Crippen LogP contribution in [0.5, 0.6) is 0 Å². The van der Waals surface area contributed by atoms with Gasteiger partial charge < -0.3 is 13.6 Å². The van der Waals surface area contributed by atoms with Crippen LogP contribution in [0, 0.1) is 0 Å². The minimum absolute atomic E-state index is 0.913. The summed E-state index contributed by atoms with van der Waals surface area (Å²) in [5.41, 5.74) is 11.2. The lowest BCUT2D eigenvalue weighted by Crippen LogP contribution is -1.97. The van der Waals surface area contributed by atoms with Crippen LogP contribution in [0.4, 0.5) is 0 Å². The fourth-order valence-corrected chi connectivity index (χ4v) is 7.46. The molecule has 0 aliphatic heterocycles. The number of furan rings is 1. The van der Waals surface area contributed by atoms with Gasteiger partial charge in [0.05, 0.1) is 33.1 Å². The quantitative estimate of drug-likeness (QED) is 0.206. The van der Waals surface area contributed by atoms with Gasteiger partial charge in [-0.05, 0) is 60.2 Å². The van der Waals surface area contributed by atoms with E-state index in [0.717, 1.165) is 44.2 Å². The molecule has 210 valence electrons. The highest BCUT2D eigenvalue weighted by Gasteiger charge is 2.24. The van der Waals surface area contributed by atoms with Crippen molar-refractivity contribution in [3.8, 4) is 22.5 Å². The van der Waals surface area contributed by atoms with Crippen LogP contribution in [0.1, 0.15) is 0 Å². The Balaban J connectivity index is 1.42. The van der Waals surface area contributed by atoms with Crippen LogP contribution in [-0.2, 0) is 0 Å². The second kappa shape index (κ2) is 9.22. The molecule has 45 heavy (non-hydrogen) atoms. The Labute approximate surface area is 258 Å². The predicted molar refractivity (Wildman–Crippen MR) is 188 cm³/mol. The van der Waals surface area contributed by atoms with Crippen molar-refractivity contribution in [3.05, 3.63) is 158 Å². The van der Waals surface area contributed by atoms with Gasteiger partial charge in [0.1, 0.15) is 11.2 Å². The maximum Gasteiger partial charge on any atom is 0.145 e. The van der Waals surface area contributed by atoms with E-state index < -0.39 is 0 Å². The van der Waals surface area contributed by atoms with Crippen molar-refractivity contribution in [3.63, 3.8) is 0 Å². The van der Waals surface area contributed by atoms with Crippen molar-refractivity contribution in [2.24, 2.45) is 0 Å². The van der Waals surface area contributed by atoms with Crippen molar-refractivity contribution < 1.29 is 4.42 Å². The first-order valence-electron chi connectivity index (χ1n) is 15.4. The highest BCUT2D eigenvalue weighted by atomic mass is 16.3. The zero-order chi connectivity index (χ0) is 29.5. The molecule has 3 nitrogen and oxygen atoms in total. The largest absolute Gasteiger partial charge is 0.455 e. The van der Waals surface area contributed by atoms with Crippen LogP contribution in [-0.4, -0.2) is 9.13 Å². The molecule has 0 saturated carbocycles. The minimum atomic E-state index is 0.913. The Bertz CT molecular complexity index is 2740. The van der Waals surface area contributed by atoms with E-state index in [1.807, 2.05) is 6.07 Å². The molecular formula is C42H26N2O. The van der Waals surface area contributed by atoms with Gasteiger partial charge in [-0.25, -0.2) is 0 Å². The van der Waals surface area contributed by atoms with Crippen LogP contribution < -0.4 is 0 Å². The van der Waals surface area contributed by atoms with Crippen molar-refractivity contribution in [1.29, 1.82) is 0 Å². The summed E-state index contributed by atoms with van der Waals surface area (Å²) in [7, 11) is 0. The number of rotatable bonds is 3. The third kappa shape index (κ3) is 3.35. The summed E-state index contributed by atoms with van der Waals surface area (Å²) in [5, 5.41) is 7.07. The molecule has 0 radical (unpaired) electrons. The third-order valence-corrected chi connectivity index (χ3v) is 9.31. The second-order valence-electron chi connectivity index (χ2n) is 11.7. The van der Waals surface area contributed by atoms with Gasteiger partial charge in [0.2, 0.25) is 0 Å². The molecule has 0 aliphatic carbocycles. The van der Waals surface area contributed by atoms with Gasteiger partial charge in [-0.15, -0.1) is 0 Å². The van der Waals surface area contributed by atoms with Gasteiger partial charge >= 0.3 is 0 Å². The van der Waals surface area contributed by atoms with Gasteiger partial charge in [0.15, 0.2) is 0 Å². The molecule has 0 bridgehead atoms. The molecule has 0 spiro atoms. The normalized spacial score (nSPS) is 12.0. The van der Waals surface area contributed by atoms with Crippen LogP contribution >= 0.6 is 0 Å². The van der Waals surface area contributed by atoms with Crippen molar-refractivity contribution in [1.82, 2.24) is 9.13 Å². The zero-order valence-electron chi connectivity index (χ0n) is 24.3. The maximum atomic E-state index is 6.64. The van der Waals surface area contributed by atoms with E-state index in [1.54, 1.807) is 0 Å². The summed E-state index contributed by atoms with van der Waals surface area (Å²) in [6.45, 7) is 0. The molecule has 3 heterocycles. The predicted octanol–water partition coefficient (Wildman–Crippen LogP) is 11.4. The van der Waals surface area contributed by atoms with E-state index in [0.29, 0.717) is 0 Å². The number of nitrogens with zero attached hydrogens (tertiary/aromatic N) is 2. The summed E-state index contributed by atoms with van der Waals surface area (Å²) in [6, 6.07) is 56.4. The Morgan fingerprint density at radius 1 is 0.400 bits per heavy atom. The van der Waals surface area contributed by atoms with E-state index in [-0.39, 0.29) is 0 Å². The lowest BCUT2D eigenvalue weighted by molar-refractivity contribution is 0.673. The number of benzene rings is 7. The van der Waals surface area contributed by atoms with E-state index in [4.69, 9.17) is 4.42 Å². The summed E-state index contributed by atoms with van der Waals surface area (Å²) in [5.74, 6) is 0. The minimum Gasteiger partial charge on any atom is -0.455 e. The van der Waals surface area contributed by atoms with Gasteiger partial charge in [0.25, 0.3) is 0 Å². The first-order chi connectivity index (χ1) is 22.4. The Kier molecular flexibility index (Phi) is 5.00. The molecule has 0 atom stereocenters. The molecule has 0 amide bonds. The Morgan fingerprint density at radius 3 is 1.89 bits per heavy atom. The lowest BCUT2D eigenvalue weighted by Gasteiger charge is -2.14. The topological polar surface area (TPSA) is 23.0 Å². The van der Waals surface area contributed by atoms with Gasteiger partial charge in [-0.3, -0.25) is 0 Å². The highest BCUT2D eigenvalue weighted by Crippen LogP contribution is 2.46. The molecule has 10 aromatic rings. The Morgan fingerprint density at radius 2 is 1.04 bits per heavy atom. The molecule has 0 unspecified atom stereocenters. The second-order valence-corrected chi connectivity index (χ2v) is 11.7. The molecule has 0 fully saturated rings. The number of hydrogen-bond acceptors (Lipinski definition) is 1. The van der Waals surface area contributed by atoms with Crippen LogP contribution in [0.2, 0.25) is 0 Å². The maximum absolute atomic E-state index is 6.64. The summed E-state index contributed by atoms with van der Waals surface area (Å²) in [6.07, 6.45) is 0. The monoisotopic (exact) mass is 574 g/mol. The van der Waals surface area contributed by atoms with Gasteiger partial charge in [0, 0.05) is 38.2 Å². The summed E-state index contributed by atoms with van der Waals surface area (Å²) < 4.78 is 11.5. The number of hydrogen-bond donors (Lipinski definition) is 0. The molecule has 7 aromatic carbocycles. The molecular weight excluding hydrogens is 548 g/mol. The molecule has 3 heteroatoms. The van der Waals surface area contributed by atoms with Crippen LogP contribution in [0.15, 0.2) is 162 Å². The first-order valence-corrected chi connectivity index (χ1v) is 15.4. The number of aromatic nitrogens is 2. The average molecular weight is 575 g/mol. The van der Waals surface area contributed by atoms with Crippen molar-refractivity contribution in [2.45, 2.75) is 0 Å². The van der Waals surface area contributed by atoms with Gasteiger partial charge in [-0.1, -0.05) is 103 Å². The zero-order valence-corrected chi connectivity index (χ0v) is 24.3. The fraction of sp³-hybridized carbons (Fsp3) is 0. The van der Waals surface area contributed by atoms with Crippen molar-refractivity contribution in [2.75, 3.05) is 0 Å². The SMILES string of the molecule is c1ccc(-c2ccccc2-n2c3ccccc3c3c2ccc2c4c5oc6ccccc6c5ccc4n(-c4ccccc4)c23)cc1. The van der Waals surface area contributed by atoms with E-state index >= 15 is 0 Å². The van der Waals surface area contributed by atoms with Crippen LogP contribution in [0.3, 0.4) is 0 Å².